The first-order valence-corrected chi connectivity index (χ1v) is 11.7. The monoisotopic (exact) mass is 458 g/mol. The number of alkyl carbamates (subject to hydrolysis) is 1. The number of ether oxygens (including phenoxy) is 1. The molecule has 4 rings (SSSR count). The summed E-state index contributed by atoms with van der Waals surface area (Å²) in [6, 6.07) is 22.9. The number of nitrogens with one attached hydrogen (secondary N) is 1. The van der Waals surface area contributed by atoms with Crippen molar-refractivity contribution >= 4 is 17.7 Å². The quantitative estimate of drug-likeness (QED) is 0.468. The highest BCUT2D eigenvalue weighted by Gasteiger charge is 2.29. The van der Waals surface area contributed by atoms with Gasteiger partial charge in [-0.15, -0.1) is 0 Å². The van der Waals surface area contributed by atoms with Crippen LogP contribution >= 0.6 is 0 Å². The maximum absolute atomic E-state index is 12.5. The zero-order valence-electron chi connectivity index (χ0n) is 19.5. The molecule has 1 atom stereocenters. The summed E-state index contributed by atoms with van der Waals surface area (Å²) in [5.74, 6) is -1.17. The van der Waals surface area contributed by atoms with Crippen LogP contribution in [0.2, 0.25) is 0 Å². The largest absolute Gasteiger partial charge is 0.480 e. The van der Waals surface area contributed by atoms with Gasteiger partial charge in [0.2, 0.25) is 0 Å². The van der Waals surface area contributed by atoms with E-state index >= 15 is 0 Å². The molecule has 6 nitrogen and oxygen atoms in total. The molecule has 0 unspecified atom stereocenters. The van der Waals surface area contributed by atoms with Crippen LogP contribution in [-0.2, 0) is 16.0 Å². The average molecular weight is 459 g/mol. The molecule has 1 aliphatic rings. The summed E-state index contributed by atoms with van der Waals surface area (Å²) in [7, 11) is 0. The van der Waals surface area contributed by atoms with E-state index in [1.807, 2.05) is 60.7 Å². The van der Waals surface area contributed by atoms with Crippen molar-refractivity contribution in [2.45, 2.75) is 32.2 Å². The number of carbonyl (C=O) groups excluding carboxylic acids is 1. The van der Waals surface area contributed by atoms with Crippen LogP contribution in [-0.4, -0.2) is 42.9 Å². The van der Waals surface area contributed by atoms with Crippen molar-refractivity contribution in [3.8, 4) is 11.1 Å². The Morgan fingerprint density at radius 2 is 1.47 bits per heavy atom. The standard InChI is InChI=1S/C28H30N2O4/c1-3-30(4-2)20-15-13-19(14-16-20)17-26(27(31)32)29-28(33)34-18-25-23-11-7-5-9-21(23)22-10-6-8-12-24(22)25/h5-16,25-26H,3-4,17-18H2,1-2H3,(H,29,33)(H,31,32)/t26-/m0/s1. The Hall–Kier alpha value is -3.80. The molecule has 0 aliphatic heterocycles. The van der Waals surface area contributed by atoms with Crippen molar-refractivity contribution in [3.63, 3.8) is 0 Å². The van der Waals surface area contributed by atoms with Crippen molar-refractivity contribution in [2.75, 3.05) is 24.6 Å². The van der Waals surface area contributed by atoms with Crippen molar-refractivity contribution in [1.29, 1.82) is 0 Å². The fourth-order valence-electron chi connectivity index (χ4n) is 4.65. The Kier molecular flexibility index (Phi) is 7.16. The van der Waals surface area contributed by atoms with Crippen LogP contribution < -0.4 is 10.2 Å². The highest BCUT2D eigenvalue weighted by molar-refractivity contribution is 5.81. The number of carbonyl (C=O) groups is 2. The van der Waals surface area contributed by atoms with Crippen LogP contribution in [0.15, 0.2) is 72.8 Å². The Bertz CT molecular complexity index is 1110. The molecule has 0 saturated heterocycles. The van der Waals surface area contributed by atoms with Crippen molar-refractivity contribution in [2.24, 2.45) is 0 Å². The van der Waals surface area contributed by atoms with Crippen LogP contribution in [0.5, 0.6) is 0 Å². The molecule has 0 saturated carbocycles. The zero-order chi connectivity index (χ0) is 24.1. The molecule has 0 heterocycles. The van der Waals surface area contributed by atoms with Crippen LogP contribution in [0.3, 0.4) is 0 Å². The first kappa shape index (κ1) is 23.4. The normalized spacial score (nSPS) is 13.0. The van der Waals surface area contributed by atoms with Gasteiger partial charge < -0.3 is 20.1 Å². The van der Waals surface area contributed by atoms with Gasteiger partial charge in [0.1, 0.15) is 12.6 Å². The van der Waals surface area contributed by atoms with E-state index in [0.717, 1.165) is 46.6 Å². The molecule has 0 spiro atoms. The number of amides is 1. The Morgan fingerprint density at radius 3 is 2.00 bits per heavy atom. The van der Waals surface area contributed by atoms with Gasteiger partial charge in [0, 0.05) is 31.1 Å². The number of fused-ring (bicyclic) bond motifs is 3. The van der Waals surface area contributed by atoms with Gasteiger partial charge in [-0.25, -0.2) is 9.59 Å². The molecule has 6 heteroatoms. The van der Waals surface area contributed by atoms with E-state index in [-0.39, 0.29) is 18.9 Å². The van der Waals surface area contributed by atoms with Gasteiger partial charge in [-0.05, 0) is 53.8 Å². The fourth-order valence-corrected chi connectivity index (χ4v) is 4.65. The van der Waals surface area contributed by atoms with Gasteiger partial charge in [-0.3, -0.25) is 0 Å². The molecular weight excluding hydrogens is 428 g/mol. The van der Waals surface area contributed by atoms with Gasteiger partial charge in [-0.1, -0.05) is 60.7 Å². The molecule has 176 valence electrons. The second kappa shape index (κ2) is 10.4. The number of nitrogens with zero attached hydrogens (tertiary/aromatic N) is 1. The maximum atomic E-state index is 12.5. The van der Waals surface area contributed by atoms with Crippen molar-refractivity contribution < 1.29 is 19.4 Å². The van der Waals surface area contributed by atoms with Gasteiger partial charge in [-0.2, -0.15) is 0 Å². The number of carboxylic acids is 1. The lowest BCUT2D eigenvalue weighted by Crippen LogP contribution is -2.42. The Morgan fingerprint density at radius 1 is 0.912 bits per heavy atom. The summed E-state index contributed by atoms with van der Waals surface area (Å²) in [5, 5.41) is 12.2. The number of benzene rings is 3. The fraction of sp³-hybridized carbons (Fsp3) is 0.286. The maximum Gasteiger partial charge on any atom is 0.407 e. The van der Waals surface area contributed by atoms with E-state index in [2.05, 4.69) is 36.2 Å². The number of aliphatic carboxylic acids is 1. The second-order valence-corrected chi connectivity index (χ2v) is 8.40. The molecule has 3 aromatic carbocycles. The molecule has 1 aliphatic carbocycles. The zero-order valence-corrected chi connectivity index (χ0v) is 19.5. The van der Waals surface area contributed by atoms with Gasteiger partial charge in [0.25, 0.3) is 0 Å². The third-order valence-electron chi connectivity index (χ3n) is 6.44. The highest BCUT2D eigenvalue weighted by Crippen LogP contribution is 2.44. The van der Waals surface area contributed by atoms with Gasteiger partial charge in [0.05, 0.1) is 0 Å². The van der Waals surface area contributed by atoms with E-state index in [9.17, 15) is 14.7 Å². The summed E-state index contributed by atoms with van der Waals surface area (Å²) < 4.78 is 5.52. The molecule has 0 aromatic heterocycles. The molecule has 0 bridgehead atoms. The summed E-state index contributed by atoms with van der Waals surface area (Å²) >= 11 is 0. The Balaban J connectivity index is 1.39. The lowest BCUT2D eigenvalue weighted by molar-refractivity contribution is -0.139. The molecular formula is C28H30N2O4. The van der Waals surface area contributed by atoms with Crippen LogP contribution in [0.4, 0.5) is 10.5 Å². The third-order valence-corrected chi connectivity index (χ3v) is 6.44. The number of anilines is 1. The van der Waals surface area contributed by atoms with E-state index in [1.165, 1.54) is 0 Å². The smallest absolute Gasteiger partial charge is 0.407 e. The molecule has 2 N–H and O–H groups in total. The minimum atomic E-state index is -1.10. The highest BCUT2D eigenvalue weighted by atomic mass is 16.5. The summed E-state index contributed by atoms with van der Waals surface area (Å²) in [6.45, 7) is 6.13. The van der Waals surface area contributed by atoms with Gasteiger partial charge in [0.15, 0.2) is 0 Å². The van der Waals surface area contributed by atoms with Crippen molar-refractivity contribution in [3.05, 3.63) is 89.5 Å². The van der Waals surface area contributed by atoms with Crippen LogP contribution in [0, 0.1) is 0 Å². The Labute approximate surface area is 200 Å². The predicted octanol–water partition coefficient (Wildman–Crippen LogP) is 5.07. The molecule has 1 amide bonds. The SMILES string of the molecule is CCN(CC)c1ccc(C[C@H](NC(=O)OCC2c3ccccc3-c3ccccc32)C(=O)O)cc1. The van der Waals surface area contributed by atoms with Gasteiger partial charge >= 0.3 is 12.1 Å². The molecule has 0 radical (unpaired) electrons. The topological polar surface area (TPSA) is 78.9 Å². The van der Waals surface area contributed by atoms with E-state index < -0.39 is 18.1 Å². The number of rotatable bonds is 9. The van der Waals surface area contributed by atoms with E-state index in [0.29, 0.717) is 0 Å². The molecule has 3 aromatic rings. The minimum absolute atomic E-state index is 0.0750. The lowest BCUT2D eigenvalue weighted by Gasteiger charge is -2.21. The van der Waals surface area contributed by atoms with Crippen LogP contribution in [0.25, 0.3) is 11.1 Å². The van der Waals surface area contributed by atoms with Crippen molar-refractivity contribution in [1.82, 2.24) is 5.32 Å². The second-order valence-electron chi connectivity index (χ2n) is 8.40. The average Bonchev–Trinajstić information content (AvgIpc) is 3.18. The molecule has 34 heavy (non-hydrogen) atoms. The number of hydrogen-bond acceptors (Lipinski definition) is 4. The molecule has 0 fully saturated rings. The summed E-state index contributed by atoms with van der Waals surface area (Å²) in [4.78, 5) is 26.6. The lowest BCUT2D eigenvalue weighted by atomic mass is 9.98. The van der Waals surface area contributed by atoms with Crippen LogP contribution in [0.1, 0.15) is 36.5 Å². The van der Waals surface area contributed by atoms with E-state index in [4.69, 9.17) is 4.74 Å². The first-order valence-electron chi connectivity index (χ1n) is 11.7. The summed E-state index contributed by atoms with van der Waals surface area (Å²) in [5.41, 5.74) is 6.43. The van der Waals surface area contributed by atoms with E-state index in [1.54, 1.807) is 0 Å². The number of hydrogen-bond donors (Lipinski definition) is 2. The third kappa shape index (κ3) is 4.91. The minimum Gasteiger partial charge on any atom is -0.480 e. The summed E-state index contributed by atoms with van der Waals surface area (Å²) in [6.07, 6.45) is -0.549. The number of carboxylic acid groups (broad SMARTS) is 1. The predicted molar refractivity (Wildman–Crippen MR) is 133 cm³/mol. The first-order chi connectivity index (χ1) is 16.5.